The van der Waals surface area contributed by atoms with Crippen LogP contribution in [0.1, 0.15) is 28.8 Å². The van der Waals surface area contributed by atoms with Crippen molar-refractivity contribution >= 4 is 5.91 Å². The van der Waals surface area contributed by atoms with Crippen LogP contribution < -0.4 is 10.1 Å². The Balaban J connectivity index is 1.35. The van der Waals surface area contributed by atoms with E-state index >= 15 is 0 Å². The normalized spacial score (nSPS) is 22.7. The topological polar surface area (TPSA) is 41.6 Å². The quantitative estimate of drug-likeness (QED) is 0.918. The molecule has 2 aromatic carbocycles. The molecule has 1 atom stereocenters. The first-order chi connectivity index (χ1) is 12.7. The monoisotopic (exact) mass is 354 g/mol. The number of carbonyl (C=O) groups is 1. The number of rotatable bonds is 4. The number of likely N-dealkylation sites (tertiary alicyclic amines) is 1. The van der Waals surface area contributed by atoms with E-state index in [0.717, 1.165) is 50.0 Å². The van der Waals surface area contributed by atoms with Gasteiger partial charge in [0.25, 0.3) is 5.91 Å². The predicted octanol–water partition coefficient (Wildman–Crippen LogP) is 3.03. The van der Waals surface area contributed by atoms with Gasteiger partial charge in [0.2, 0.25) is 0 Å². The fraction of sp³-hybridized carbons (Fsp3) is 0.381. The minimum absolute atomic E-state index is 0.0301. The third kappa shape index (κ3) is 3.44. The van der Waals surface area contributed by atoms with Gasteiger partial charge in [-0.25, -0.2) is 4.39 Å². The van der Waals surface area contributed by atoms with Gasteiger partial charge < -0.3 is 10.1 Å². The molecule has 1 fully saturated rings. The Morgan fingerprint density at radius 1 is 1.12 bits per heavy atom. The van der Waals surface area contributed by atoms with E-state index < -0.39 is 0 Å². The summed E-state index contributed by atoms with van der Waals surface area (Å²) in [5, 5.41) is 3.28. The summed E-state index contributed by atoms with van der Waals surface area (Å²) in [6, 6.07) is 14.3. The third-order valence-electron chi connectivity index (χ3n) is 5.45. The minimum Gasteiger partial charge on any atom is -0.489 e. The molecule has 0 aliphatic carbocycles. The second kappa shape index (κ2) is 7.08. The lowest BCUT2D eigenvalue weighted by molar-refractivity contribution is 0.0901. The number of ether oxygens (including phenoxy) is 1. The van der Waals surface area contributed by atoms with Gasteiger partial charge in [0.15, 0.2) is 11.6 Å². The van der Waals surface area contributed by atoms with Crippen molar-refractivity contribution in [1.29, 1.82) is 0 Å². The molecule has 2 aliphatic heterocycles. The first-order valence-corrected chi connectivity index (χ1v) is 9.15. The molecule has 4 rings (SSSR count). The molecule has 2 aliphatic rings. The van der Waals surface area contributed by atoms with Crippen LogP contribution in [0.5, 0.6) is 5.75 Å². The van der Waals surface area contributed by atoms with Crippen LogP contribution in [0.3, 0.4) is 0 Å². The highest BCUT2D eigenvalue weighted by Gasteiger charge is 2.40. The molecular formula is C21H23FN2O2. The van der Waals surface area contributed by atoms with Crippen LogP contribution >= 0.6 is 0 Å². The van der Waals surface area contributed by atoms with E-state index in [0.29, 0.717) is 12.4 Å². The van der Waals surface area contributed by atoms with Crippen molar-refractivity contribution in [3.8, 4) is 5.75 Å². The Morgan fingerprint density at radius 3 is 2.81 bits per heavy atom. The molecule has 2 aromatic rings. The van der Waals surface area contributed by atoms with Crippen LogP contribution in [0.25, 0.3) is 0 Å². The van der Waals surface area contributed by atoms with Gasteiger partial charge in [-0.2, -0.15) is 0 Å². The Bertz CT molecular complexity index is 810. The lowest BCUT2D eigenvalue weighted by Crippen LogP contribution is -2.49. The SMILES string of the molecule is O=C1NC2(CCc3ccccc31)CCN(CCOc1ccccc1F)C2. The lowest BCUT2D eigenvalue weighted by atomic mass is 9.91. The van der Waals surface area contributed by atoms with Crippen LogP contribution in [-0.4, -0.2) is 42.6 Å². The summed E-state index contributed by atoms with van der Waals surface area (Å²) in [7, 11) is 0. The molecule has 0 aromatic heterocycles. The summed E-state index contributed by atoms with van der Waals surface area (Å²) in [4.78, 5) is 14.9. The number of halogens is 1. The van der Waals surface area contributed by atoms with Crippen molar-refractivity contribution in [2.75, 3.05) is 26.2 Å². The predicted molar refractivity (Wildman–Crippen MR) is 97.9 cm³/mol. The summed E-state index contributed by atoms with van der Waals surface area (Å²) in [5.74, 6) is -0.0126. The first-order valence-electron chi connectivity index (χ1n) is 9.15. The Kier molecular flexibility index (Phi) is 4.64. The number of hydrogen-bond acceptors (Lipinski definition) is 3. The van der Waals surface area contributed by atoms with E-state index in [1.165, 1.54) is 6.07 Å². The second-order valence-corrected chi connectivity index (χ2v) is 7.20. The zero-order chi connectivity index (χ0) is 18.0. The molecule has 4 nitrogen and oxygen atoms in total. The zero-order valence-electron chi connectivity index (χ0n) is 14.7. The third-order valence-corrected chi connectivity index (χ3v) is 5.45. The Morgan fingerprint density at radius 2 is 1.92 bits per heavy atom. The molecule has 1 unspecified atom stereocenters. The van der Waals surface area contributed by atoms with Crippen LogP contribution in [0.15, 0.2) is 48.5 Å². The van der Waals surface area contributed by atoms with E-state index in [2.05, 4.69) is 10.2 Å². The van der Waals surface area contributed by atoms with Gasteiger partial charge in [0.1, 0.15) is 6.61 Å². The molecule has 1 spiro atoms. The molecule has 1 N–H and O–H groups in total. The van der Waals surface area contributed by atoms with Gasteiger partial charge in [0.05, 0.1) is 5.54 Å². The number of fused-ring (bicyclic) bond motifs is 1. The number of nitrogens with one attached hydrogen (secondary N) is 1. The van der Waals surface area contributed by atoms with E-state index in [-0.39, 0.29) is 17.3 Å². The summed E-state index contributed by atoms with van der Waals surface area (Å²) in [6.07, 6.45) is 2.79. The van der Waals surface area contributed by atoms with Gasteiger partial charge in [0, 0.05) is 25.2 Å². The van der Waals surface area contributed by atoms with Crippen LogP contribution in [0.2, 0.25) is 0 Å². The average Bonchev–Trinajstić information content (AvgIpc) is 2.98. The number of hydrogen-bond donors (Lipinski definition) is 1. The summed E-state index contributed by atoms with van der Waals surface area (Å²) in [5.41, 5.74) is 1.75. The molecule has 2 heterocycles. The fourth-order valence-electron chi connectivity index (χ4n) is 4.01. The van der Waals surface area contributed by atoms with E-state index in [1.807, 2.05) is 24.3 Å². The molecule has 1 amide bonds. The Hall–Kier alpha value is -2.40. The summed E-state index contributed by atoms with van der Waals surface area (Å²) in [6.45, 7) is 2.88. The van der Waals surface area contributed by atoms with Crippen molar-refractivity contribution in [1.82, 2.24) is 10.2 Å². The highest BCUT2D eigenvalue weighted by Crippen LogP contribution is 2.30. The highest BCUT2D eigenvalue weighted by molar-refractivity contribution is 5.96. The maximum absolute atomic E-state index is 13.6. The van der Waals surface area contributed by atoms with Gasteiger partial charge in [-0.1, -0.05) is 30.3 Å². The maximum atomic E-state index is 13.6. The molecule has 5 heteroatoms. The van der Waals surface area contributed by atoms with Crippen molar-refractivity contribution in [2.24, 2.45) is 0 Å². The molecule has 136 valence electrons. The number of aryl methyl sites for hydroxylation is 1. The number of carbonyl (C=O) groups excluding carboxylic acids is 1. The Labute approximate surface area is 153 Å². The number of nitrogens with zero attached hydrogens (tertiary/aromatic N) is 1. The van der Waals surface area contributed by atoms with Crippen molar-refractivity contribution in [3.05, 3.63) is 65.5 Å². The van der Waals surface area contributed by atoms with Gasteiger partial charge in [-0.3, -0.25) is 9.69 Å². The van der Waals surface area contributed by atoms with E-state index in [1.54, 1.807) is 18.2 Å². The molecule has 0 bridgehead atoms. The van der Waals surface area contributed by atoms with Gasteiger partial charge in [-0.15, -0.1) is 0 Å². The summed E-state index contributed by atoms with van der Waals surface area (Å²) >= 11 is 0. The van der Waals surface area contributed by atoms with Crippen LogP contribution in [0, 0.1) is 5.82 Å². The largest absolute Gasteiger partial charge is 0.489 e. The second-order valence-electron chi connectivity index (χ2n) is 7.20. The lowest BCUT2D eigenvalue weighted by Gasteiger charge is -2.29. The molecule has 1 saturated heterocycles. The number of benzene rings is 2. The zero-order valence-corrected chi connectivity index (χ0v) is 14.7. The fourth-order valence-corrected chi connectivity index (χ4v) is 4.01. The molecule has 0 radical (unpaired) electrons. The molecular weight excluding hydrogens is 331 g/mol. The van der Waals surface area contributed by atoms with Crippen molar-refractivity contribution in [2.45, 2.75) is 24.8 Å². The number of amides is 1. The van der Waals surface area contributed by atoms with Crippen molar-refractivity contribution < 1.29 is 13.9 Å². The van der Waals surface area contributed by atoms with Gasteiger partial charge in [-0.05, 0) is 43.0 Å². The minimum atomic E-state index is -0.334. The molecule has 26 heavy (non-hydrogen) atoms. The summed E-state index contributed by atoms with van der Waals surface area (Å²) < 4.78 is 19.2. The first kappa shape index (κ1) is 17.0. The molecule has 0 saturated carbocycles. The maximum Gasteiger partial charge on any atom is 0.252 e. The average molecular weight is 354 g/mol. The van der Waals surface area contributed by atoms with Crippen LogP contribution in [-0.2, 0) is 6.42 Å². The van der Waals surface area contributed by atoms with E-state index in [4.69, 9.17) is 4.74 Å². The smallest absolute Gasteiger partial charge is 0.252 e. The van der Waals surface area contributed by atoms with Gasteiger partial charge >= 0.3 is 0 Å². The number of para-hydroxylation sites is 1. The van der Waals surface area contributed by atoms with E-state index in [9.17, 15) is 9.18 Å². The standard InChI is InChI=1S/C21H23FN2O2/c22-18-7-3-4-8-19(18)26-14-13-24-12-11-21(15-24)10-9-16-5-1-2-6-17(16)20(25)23-21/h1-8H,9-15H2,(H,23,25). The van der Waals surface area contributed by atoms with Crippen molar-refractivity contribution in [3.63, 3.8) is 0 Å². The highest BCUT2D eigenvalue weighted by atomic mass is 19.1. The van der Waals surface area contributed by atoms with Crippen LogP contribution in [0.4, 0.5) is 4.39 Å².